The van der Waals surface area contributed by atoms with E-state index in [1.807, 2.05) is 6.07 Å². The van der Waals surface area contributed by atoms with Crippen molar-refractivity contribution in [3.63, 3.8) is 0 Å². The van der Waals surface area contributed by atoms with E-state index < -0.39 is 5.97 Å². The van der Waals surface area contributed by atoms with Crippen LogP contribution in [-0.2, 0) is 11.2 Å². The van der Waals surface area contributed by atoms with Crippen molar-refractivity contribution in [2.45, 2.75) is 46.5 Å². The van der Waals surface area contributed by atoms with Gasteiger partial charge < -0.3 is 5.11 Å². The lowest BCUT2D eigenvalue weighted by molar-refractivity contribution is -0.144. The summed E-state index contributed by atoms with van der Waals surface area (Å²) in [5, 5.41) is 9.63. The first-order valence-corrected chi connectivity index (χ1v) is 7.74. The van der Waals surface area contributed by atoms with Crippen LogP contribution in [0.2, 0.25) is 0 Å². The lowest BCUT2D eigenvalue weighted by Gasteiger charge is -2.35. The molecule has 1 saturated carbocycles. The number of carboxylic acids is 1. The van der Waals surface area contributed by atoms with Gasteiger partial charge in [-0.15, -0.1) is 0 Å². The molecule has 1 N–H and O–H groups in total. The molecule has 3 unspecified atom stereocenters. The van der Waals surface area contributed by atoms with Gasteiger partial charge in [-0.3, -0.25) is 4.79 Å². The van der Waals surface area contributed by atoms with Gasteiger partial charge in [-0.1, -0.05) is 43.7 Å². The smallest absolute Gasteiger partial charge is 0.307 e. The lowest BCUT2D eigenvalue weighted by atomic mass is 9.70. The summed E-state index contributed by atoms with van der Waals surface area (Å²) in [5.41, 5.74) is 2.36. The van der Waals surface area contributed by atoms with E-state index in [0.717, 1.165) is 18.4 Å². The summed E-state index contributed by atoms with van der Waals surface area (Å²) in [4.78, 5) is 11.7. The van der Waals surface area contributed by atoms with Gasteiger partial charge in [0.25, 0.3) is 0 Å². The average molecular weight is 274 g/mol. The van der Waals surface area contributed by atoms with Gasteiger partial charge in [-0.05, 0) is 55.9 Å². The molecule has 2 heteroatoms. The van der Waals surface area contributed by atoms with Crippen molar-refractivity contribution >= 4 is 5.97 Å². The number of aliphatic carboxylic acids is 1. The molecule has 0 bridgehead atoms. The average Bonchev–Trinajstić information content (AvgIpc) is 2.34. The van der Waals surface area contributed by atoms with Crippen molar-refractivity contribution in [1.29, 1.82) is 0 Å². The molecule has 2 rings (SSSR count). The second-order valence-electron chi connectivity index (χ2n) is 6.82. The van der Waals surface area contributed by atoms with Crippen molar-refractivity contribution in [1.82, 2.24) is 0 Å². The van der Waals surface area contributed by atoms with E-state index in [-0.39, 0.29) is 5.92 Å². The van der Waals surface area contributed by atoms with Crippen LogP contribution in [0.25, 0.3) is 0 Å². The van der Waals surface area contributed by atoms with Gasteiger partial charge in [0, 0.05) is 0 Å². The van der Waals surface area contributed by atoms with Crippen LogP contribution in [0.5, 0.6) is 0 Å². The standard InChI is InChI=1S/C18H26O2/c1-12-5-4-6-15(8-12)11-17(18(19)20)16-9-13(2)7-14(3)10-16/h4-6,8,13-14,16-17H,7,9-11H2,1-3H3,(H,19,20). The minimum atomic E-state index is -0.627. The number of hydrogen-bond acceptors (Lipinski definition) is 1. The summed E-state index contributed by atoms with van der Waals surface area (Å²) in [7, 11) is 0. The summed E-state index contributed by atoms with van der Waals surface area (Å²) < 4.78 is 0. The summed E-state index contributed by atoms with van der Waals surface area (Å²) in [5.74, 6) is 0.776. The first kappa shape index (κ1) is 15.1. The molecule has 110 valence electrons. The van der Waals surface area contributed by atoms with Crippen molar-refractivity contribution in [3.05, 3.63) is 35.4 Å². The fourth-order valence-corrected chi connectivity index (χ4v) is 3.89. The normalized spacial score (nSPS) is 28.1. The van der Waals surface area contributed by atoms with E-state index in [2.05, 4.69) is 39.0 Å². The fourth-order valence-electron chi connectivity index (χ4n) is 3.89. The second kappa shape index (κ2) is 6.43. The Morgan fingerprint density at radius 2 is 1.90 bits per heavy atom. The third-order valence-corrected chi connectivity index (χ3v) is 4.64. The van der Waals surface area contributed by atoms with Crippen molar-refractivity contribution in [2.75, 3.05) is 0 Å². The van der Waals surface area contributed by atoms with E-state index in [1.54, 1.807) is 0 Å². The second-order valence-corrected chi connectivity index (χ2v) is 6.82. The predicted molar refractivity (Wildman–Crippen MR) is 81.7 cm³/mol. The number of hydrogen-bond donors (Lipinski definition) is 1. The molecule has 0 spiro atoms. The maximum absolute atomic E-state index is 11.7. The van der Waals surface area contributed by atoms with Crippen molar-refractivity contribution < 1.29 is 9.90 Å². The number of rotatable bonds is 4. The van der Waals surface area contributed by atoms with E-state index in [9.17, 15) is 9.90 Å². The Hall–Kier alpha value is -1.31. The Balaban J connectivity index is 2.12. The number of aryl methyl sites for hydroxylation is 1. The van der Waals surface area contributed by atoms with Crippen LogP contribution < -0.4 is 0 Å². The zero-order valence-electron chi connectivity index (χ0n) is 12.8. The molecule has 0 saturated heterocycles. The van der Waals surface area contributed by atoms with Crippen LogP contribution in [0.15, 0.2) is 24.3 Å². The topological polar surface area (TPSA) is 37.3 Å². The number of carbonyl (C=O) groups is 1. The monoisotopic (exact) mass is 274 g/mol. The van der Waals surface area contributed by atoms with Gasteiger partial charge in [-0.2, -0.15) is 0 Å². The molecule has 3 atom stereocenters. The predicted octanol–water partition coefficient (Wildman–Crippen LogP) is 4.31. The summed E-state index contributed by atoms with van der Waals surface area (Å²) in [6, 6.07) is 8.25. The quantitative estimate of drug-likeness (QED) is 0.888. The highest BCUT2D eigenvalue weighted by Gasteiger charge is 2.33. The molecule has 0 aliphatic heterocycles. The van der Waals surface area contributed by atoms with Crippen LogP contribution >= 0.6 is 0 Å². The first-order valence-electron chi connectivity index (χ1n) is 7.74. The Bertz CT molecular complexity index is 456. The maximum atomic E-state index is 11.7. The van der Waals surface area contributed by atoms with Gasteiger partial charge in [0.2, 0.25) is 0 Å². The van der Waals surface area contributed by atoms with Crippen LogP contribution in [0.1, 0.15) is 44.2 Å². The third-order valence-electron chi connectivity index (χ3n) is 4.64. The van der Waals surface area contributed by atoms with Gasteiger partial charge in [0.05, 0.1) is 5.92 Å². The Kier molecular flexibility index (Phi) is 4.85. The minimum absolute atomic E-state index is 0.234. The van der Waals surface area contributed by atoms with Gasteiger partial charge in [-0.25, -0.2) is 0 Å². The van der Waals surface area contributed by atoms with Crippen LogP contribution in [0, 0.1) is 30.6 Å². The summed E-state index contributed by atoms with van der Waals surface area (Å²) in [6.07, 6.45) is 4.04. The highest BCUT2D eigenvalue weighted by atomic mass is 16.4. The zero-order valence-corrected chi connectivity index (χ0v) is 12.8. The molecule has 0 heterocycles. The Morgan fingerprint density at radius 1 is 1.25 bits per heavy atom. The van der Waals surface area contributed by atoms with Gasteiger partial charge in [0.1, 0.15) is 0 Å². The fraction of sp³-hybridized carbons (Fsp3) is 0.611. The summed E-state index contributed by atoms with van der Waals surface area (Å²) >= 11 is 0. The number of benzene rings is 1. The summed E-state index contributed by atoms with van der Waals surface area (Å²) in [6.45, 7) is 6.58. The molecule has 1 aliphatic carbocycles. The van der Waals surface area contributed by atoms with Crippen LogP contribution in [0.4, 0.5) is 0 Å². The van der Waals surface area contributed by atoms with Crippen molar-refractivity contribution in [3.8, 4) is 0 Å². The van der Waals surface area contributed by atoms with Gasteiger partial charge in [0.15, 0.2) is 0 Å². The molecule has 1 aliphatic rings. The molecule has 2 nitrogen and oxygen atoms in total. The molecule has 1 aromatic rings. The van der Waals surface area contributed by atoms with Crippen LogP contribution in [0.3, 0.4) is 0 Å². The van der Waals surface area contributed by atoms with E-state index >= 15 is 0 Å². The molecular weight excluding hydrogens is 248 g/mol. The molecule has 20 heavy (non-hydrogen) atoms. The van der Waals surface area contributed by atoms with Crippen molar-refractivity contribution in [2.24, 2.45) is 23.7 Å². The molecule has 0 aromatic heterocycles. The molecule has 1 fully saturated rings. The van der Waals surface area contributed by atoms with Gasteiger partial charge >= 0.3 is 5.97 Å². The molecular formula is C18H26O2. The van der Waals surface area contributed by atoms with E-state index in [0.29, 0.717) is 24.2 Å². The minimum Gasteiger partial charge on any atom is -0.481 e. The Labute approximate surface area is 122 Å². The highest BCUT2D eigenvalue weighted by molar-refractivity contribution is 5.70. The molecule has 0 amide bonds. The van der Waals surface area contributed by atoms with E-state index in [4.69, 9.17) is 0 Å². The first-order chi connectivity index (χ1) is 9.45. The SMILES string of the molecule is Cc1cccc(CC(C(=O)O)C2CC(C)CC(C)C2)c1. The number of carboxylic acid groups (broad SMARTS) is 1. The Morgan fingerprint density at radius 3 is 2.45 bits per heavy atom. The highest BCUT2D eigenvalue weighted by Crippen LogP contribution is 2.38. The van der Waals surface area contributed by atoms with E-state index in [1.165, 1.54) is 12.0 Å². The van der Waals surface area contributed by atoms with Crippen LogP contribution in [-0.4, -0.2) is 11.1 Å². The maximum Gasteiger partial charge on any atom is 0.307 e. The third kappa shape index (κ3) is 3.84. The molecule has 0 radical (unpaired) electrons. The molecule has 1 aromatic carbocycles. The largest absolute Gasteiger partial charge is 0.481 e. The lowest BCUT2D eigenvalue weighted by Crippen LogP contribution is -2.32. The zero-order chi connectivity index (χ0) is 14.7.